The van der Waals surface area contributed by atoms with Gasteiger partial charge in [0, 0.05) is 46.3 Å². The predicted molar refractivity (Wildman–Crippen MR) is 225 cm³/mol. The van der Waals surface area contributed by atoms with Crippen LogP contribution in [0.2, 0.25) is 0 Å². The van der Waals surface area contributed by atoms with E-state index in [1.54, 1.807) is 24.8 Å². The van der Waals surface area contributed by atoms with E-state index in [-0.39, 0.29) is 20.1 Å². The zero-order valence-corrected chi connectivity index (χ0v) is 36.6. The van der Waals surface area contributed by atoms with Crippen molar-refractivity contribution in [2.45, 2.75) is 40.0 Å². The quantitative estimate of drug-likeness (QED) is 0.114. The molecule has 0 radical (unpaired) electrons. The van der Waals surface area contributed by atoms with Gasteiger partial charge in [-0.3, -0.25) is 48.7 Å². The van der Waals surface area contributed by atoms with Gasteiger partial charge in [0.05, 0.1) is 41.3 Å². The molecule has 0 unspecified atom stereocenters. The van der Waals surface area contributed by atoms with E-state index in [0.717, 1.165) is 42.8 Å². The summed E-state index contributed by atoms with van der Waals surface area (Å²) in [6, 6.07) is 33.5. The minimum atomic E-state index is -1.80. The fourth-order valence-electron chi connectivity index (χ4n) is 6.06. The molecule has 0 spiro atoms. The van der Waals surface area contributed by atoms with E-state index < -0.39 is 71.9 Å². The molecule has 6 aromatic carbocycles. The van der Waals surface area contributed by atoms with Gasteiger partial charge in [0.2, 0.25) is 0 Å². The maximum atomic E-state index is 10.1. The van der Waals surface area contributed by atoms with E-state index in [1.165, 1.54) is 43.1 Å². The van der Waals surface area contributed by atoms with Crippen LogP contribution in [0.5, 0.6) is 0 Å². The van der Waals surface area contributed by atoms with E-state index in [2.05, 4.69) is 92.7 Å². The summed E-state index contributed by atoms with van der Waals surface area (Å²) in [6.45, 7) is 3.42. The summed E-state index contributed by atoms with van der Waals surface area (Å²) in [5.41, 5.74) is 3.91. The average Bonchev–Trinajstić information content (AvgIpc) is 3.27. The maximum Gasteiger partial charge on any atom is 3.00 e. The van der Waals surface area contributed by atoms with E-state index in [1.807, 2.05) is 24.3 Å². The average molecular weight is 1040 g/mol. The molecule has 0 amide bonds. The Kier molecular flexibility index (Phi) is 18.9. The molecule has 17 heteroatoms. The SMILES string of the molecule is CC(=O)CC(=O)C(=O)[O-].CC(=O)CC(=O)C(=O)[O-].CC(=O)CC(=O)C(=O)[O-].[Ir+3].c1ccc2c(c1)c1ccccc1c1nccnc21.c1ccc2c(c1)c1ccccc1c1nccnc21. The molecule has 0 fully saturated rings. The third-order valence-electron chi connectivity index (χ3n) is 8.62. The second kappa shape index (κ2) is 23.9. The molecule has 0 bridgehead atoms. The van der Waals surface area contributed by atoms with Crippen molar-refractivity contribution in [2.24, 2.45) is 0 Å². The van der Waals surface area contributed by atoms with Crippen molar-refractivity contribution >= 4 is 118 Å². The number of aromatic nitrogens is 4. The summed E-state index contributed by atoms with van der Waals surface area (Å²) >= 11 is 0. The number of hydrogen-bond donors (Lipinski definition) is 0. The summed E-state index contributed by atoms with van der Waals surface area (Å²) in [6.07, 6.45) is 5.31. The summed E-state index contributed by atoms with van der Waals surface area (Å²) in [5.74, 6) is -10.3. The van der Waals surface area contributed by atoms with Crippen molar-refractivity contribution in [1.82, 2.24) is 19.9 Å². The topological polar surface area (TPSA) is 274 Å². The molecule has 0 aliphatic rings. The molecule has 0 aliphatic heterocycles. The summed E-state index contributed by atoms with van der Waals surface area (Å²) in [5, 5.41) is 38.5. The van der Waals surface area contributed by atoms with E-state index >= 15 is 0 Å². The van der Waals surface area contributed by atoms with Gasteiger partial charge in [0.15, 0.2) is 17.3 Å². The molecule has 8 aromatic rings. The van der Waals surface area contributed by atoms with Gasteiger partial charge in [0.1, 0.15) is 35.3 Å². The number of benzene rings is 6. The third-order valence-corrected chi connectivity index (χ3v) is 8.62. The Labute approximate surface area is 376 Å². The number of carboxylic acid groups (broad SMARTS) is 3. The van der Waals surface area contributed by atoms with Crippen molar-refractivity contribution in [1.29, 1.82) is 0 Å². The summed E-state index contributed by atoms with van der Waals surface area (Å²) in [4.78, 5) is 107. The van der Waals surface area contributed by atoms with Gasteiger partial charge in [-0.15, -0.1) is 0 Å². The molecule has 2 aromatic heterocycles. The van der Waals surface area contributed by atoms with E-state index in [4.69, 9.17) is 0 Å². The molecule has 2 heterocycles. The van der Waals surface area contributed by atoms with Gasteiger partial charge in [-0.1, -0.05) is 97.1 Å². The van der Waals surface area contributed by atoms with Crippen LogP contribution in [0.15, 0.2) is 122 Å². The van der Waals surface area contributed by atoms with Crippen LogP contribution in [0.3, 0.4) is 0 Å². The Bertz CT molecular complexity index is 2420. The molecule has 0 N–H and O–H groups in total. The summed E-state index contributed by atoms with van der Waals surface area (Å²) in [7, 11) is 0. The van der Waals surface area contributed by atoms with Crippen molar-refractivity contribution in [3.8, 4) is 0 Å². The maximum absolute atomic E-state index is 10.1. The number of carbonyl (C=O) groups is 9. The number of carboxylic acids is 3. The van der Waals surface area contributed by atoms with Gasteiger partial charge < -0.3 is 29.7 Å². The number of rotatable bonds is 9. The Morgan fingerprint density at radius 3 is 0.656 bits per heavy atom. The van der Waals surface area contributed by atoms with Gasteiger partial charge >= 0.3 is 20.1 Å². The van der Waals surface area contributed by atoms with Crippen LogP contribution >= 0.6 is 0 Å². The molecular weight excluding hydrogens is 1000 g/mol. The Balaban J connectivity index is 0.000000223. The van der Waals surface area contributed by atoms with Gasteiger partial charge in [-0.25, -0.2) is 0 Å². The van der Waals surface area contributed by atoms with Crippen LogP contribution in [0.4, 0.5) is 0 Å². The van der Waals surface area contributed by atoms with Crippen molar-refractivity contribution in [3.63, 3.8) is 0 Å². The zero-order valence-electron chi connectivity index (χ0n) is 34.2. The molecule has 16 nitrogen and oxygen atoms in total. The van der Waals surface area contributed by atoms with Crippen LogP contribution in [-0.2, 0) is 63.3 Å². The largest absolute Gasteiger partial charge is 3.00 e. The van der Waals surface area contributed by atoms with Crippen molar-refractivity contribution in [2.75, 3.05) is 0 Å². The minimum absolute atomic E-state index is 0. The Morgan fingerprint density at radius 1 is 0.344 bits per heavy atom. The number of ketones is 6. The number of aliphatic carboxylic acids is 3. The minimum Gasteiger partial charge on any atom is -0.542 e. The van der Waals surface area contributed by atoms with Crippen LogP contribution in [0.1, 0.15) is 40.0 Å². The second-order valence-corrected chi connectivity index (χ2v) is 13.5. The molecule has 64 heavy (non-hydrogen) atoms. The predicted octanol–water partition coefficient (Wildman–Crippen LogP) is 2.72. The first kappa shape index (κ1) is 50.5. The normalized spacial score (nSPS) is 9.98. The van der Waals surface area contributed by atoms with Crippen LogP contribution in [0.25, 0.3) is 65.2 Å². The van der Waals surface area contributed by atoms with Gasteiger partial charge in [0.25, 0.3) is 0 Å². The monoisotopic (exact) mass is 1040 g/mol. The number of fused-ring (bicyclic) bond motifs is 12. The first-order chi connectivity index (χ1) is 30.0. The fourth-order valence-corrected chi connectivity index (χ4v) is 6.06. The number of hydrogen-bond acceptors (Lipinski definition) is 16. The van der Waals surface area contributed by atoms with E-state index in [0.29, 0.717) is 0 Å². The molecule has 0 atom stereocenters. The number of Topliss-reactive ketones (excluding diaryl/α,β-unsaturated/α-hetero) is 6. The summed E-state index contributed by atoms with van der Waals surface area (Å²) < 4.78 is 0. The van der Waals surface area contributed by atoms with Gasteiger partial charge in [-0.05, 0) is 42.3 Å². The molecule has 0 saturated carbocycles. The third kappa shape index (κ3) is 13.6. The standard InChI is InChI=1S/2C16H10N2.3C5H6O4.Ir/c2*1-3-7-13-11(5-1)12-6-2-4-8-14(12)16-15(13)17-9-10-18-16;3*1-3(6)2-4(7)5(8)9;/h2*1-10H;3*2H2,1H3,(H,8,9);/q;;;;;+3/p-3. The Hall–Kier alpha value is -7.88. The number of carbonyl (C=O) groups excluding carboxylic acids is 9. The smallest absolute Gasteiger partial charge is 0.542 e. The van der Waals surface area contributed by atoms with Crippen LogP contribution in [0, 0.1) is 0 Å². The number of nitrogens with zero attached hydrogens (tertiary/aromatic N) is 4. The molecule has 8 rings (SSSR count). The van der Waals surface area contributed by atoms with E-state index in [9.17, 15) is 58.5 Å². The Morgan fingerprint density at radius 2 is 0.516 bits per heavy atom. The first-order valence-electron chi connectivity index (χ1n) is 18.7. The molecule has 0 aliphatic carbocycles. The molecule has 0 saturated heterocycles. The van der Waals surface area contributed by atoms with Crippen molar-refractivity contribution in [3.05, 3.63) is 122 Å². The first-order valence-corrected chi connectivity index (χ1v) is 18.7. The van der Waals surface area contributed by atoms with Crippen LogP contribution < -0.4 is 15.3 Å². The fraction of sp³-hybridized carbons (Fsp3) is 0.128. The molecule has 324 valence electrons. The van der Waals surface area contributed by atoms with Crippen molar-refractivity contribution < 1.29 is 78.6 Å². The van der Waals surface area contributed by atoms with Gasteiger partial charge in [-0.2, -0.15) is 0 Å². The second-order valence-electron chi connectivity index (χ2n) is 13.5. The molecular formula is C47H35IrN4O12. The zero-order chi connectivity index (χ0) is 46.2. The van der Waals surface area contributed by atoms with Crippen LogP contribution in [-0.4, -0.2) is 72.5 Å².